The highest BCUT2D eigenvalue weighted by Gasteiger charge is 2.25. The molecule has 3 aliphatic rings. The van der Waals surface area contributed by atoms with Gasteiger partial charge in [-0.2, -0.15) is 0 Å². The van der Waals surface area contributed by atoms with Crippen LogP contribution in [0.3, 0.4) is 0 Å². The number of anilines is 1. The Morgan fingerprint density at radius 1 is 1.33 bits per heavy atom. The highest BCUT2D eigenvalue weighted by Crippen LogP contribution is 2.28. The molecule has 1 aliphatic carbocycles. The molecule has 27 heavy (non-hydrogen) atoms. The summed E-state index contributed by atoms with van der Waals surface area (Å²) in [5.74, 6) is 1.08. The monoisotopic (exact) mass is 366 g/mol. The molecule has 5 rings (SSSR count). The molecule has 1 saturated heterocycles. The van der Waals surface area contributed by atoms with Crippen LogP contribution < -0.4 is 15.5 Å². The number of pyridine rings is 1. The van der Waals surface area contributed by atoms with Gasteiger partial charge in [0.2, 0.25) is 5.96 Å². The van der Waals surface area contributed by atoms with E-state index in [-0.39, 0.29) is 5.91 Å². The average molecular weight is 366 g/mol. The predicted molar refractivity (Wildman–Crippen MR) is 103 cm³/mol. The number of H-pyrrole nitrogens is 1. The molecule has 2 aliphatic heterocycles. The first-order valence-electron chi connectivity index (χ1n) is 9.42. The summed E-state index contributed by atoms with van der Waals surface area (Å²) < 4.78 is 5.42. The number of hydrogen-bond acceptors (Lipinski definition) is 6. The minimum absolute atomic E-state index is 0.181. The Balaban J connectivity index is 1.41. The minimum Gasteiger partial charge on any atom is -0.378 e. The number of morpholine rings is 1. The quantitative estimate of drug-likeness (QED) is 0.708. The summed E-state index contributed by atoms with van der Waals surface area (Å²) in [5, 5.41) is 6.99. The van der Waals surface area contributed by atoms with Crippen molar-refractivity contribution in [3.8, 4) is 0 Å². The van der Waals surface area contributed by atoms with Gasteiger partial charge in [0.1, 0.15) is 11.3 Å². The molecule has 1 amide bonds. The average Bonchev–Trinajstić information content (AvgIpc) is 3.36. The molecule has 0 aromatic carbocycles. The van der Waals surface area contributed by atoms with E-state index >= 15 is 0 Å². The molecular weight excluding hydrogens is 344 g/mol. The predicted octanol–water partition coefficient (Wildman–Crippen LogP) is 1.23. The van der Waals surface area contributed by atoms with E-state index in [0.717, 1.165) is 61.1 Å². The second kappa shape index (κ2) is 6.70. The van der Waals surface area contributed by atoms with Crippen molar-refractivity contribution in [1.82, 2.24) is 20.6 Å². The maximum absolute atomic E-state index is 12.2. The van der Waals surface area contributed by atoms with Gasteiger partial charge in [-0.25, -0.2) is 9.98 Å². The second-order valence-electron chi connectivity index (χ2n) is 7.20. The van der Waals surface area contributed by atoms with Gasteiger partial charge in [-0.15, -0.1) is 0 Å². The number of nitrogens with one attached hydrogen (secondary N) is 3. The lowest BCUT2D eigenvalue weighted by Gasteiger charge is -2.28. The molecular formula is C19H22N6O2. The molecule has 2 aromatic rings. The van der Waals surface area contributed by atoms with Crippen molar-refractivity contribution < 1.29 is 9.53 Å². The van der Waals surface area contributed by atoms with Crippen molar-refractivity contribution in [3.63, 3.8) is 0 Å². The molecule has 1 saturated carbocycles. The SMILES string of the molecule is O=C1NC(NCC2CC2)=NC1=Cc1c[nH]c2ncc(N3CCOCC3)cc12. The van der Waals surface area contributed by atoms with Gasteiger partial charge in [-0.05, 0) is 30.9 Å². The Labute approximate surface area is 156 Å². The van der Waals surface area contributed by atoms with Crippen LogP contribution in [0, 0.1) is 5.92 Å². The molecule has 140 valence electrons. The Morgan fingerprint density at radius 3 is 3.00 bits per heavy atom. The summed E-state index contributed by atoms with van der Waals surface area (Å²) in [7, 11) is 0. The highest BCUT2D eigenvalue weighted by molar-refractivity contribution is 6.14. The highest BCUT2D eigenvalue weighted by atomic mass is 16.5. The van der Waals surface area contributed by atoms with Crippen LogP contribution in [0.5, 0.6) is 0 Å². The van der Waals surface area contributed by atoms with Crippen molar-refractivity contribution in [1.29, 1.82) is 0 Å². The molecule has 0 spiro atoms. The van der Waals surface area contributed by atoms with Gasteiger partial charge in [-0.3, -0.25) is 10.1 Å². The summed E-state index contributed by atoms with van der Waals surface area (Å²) in [4.78, 5) is 26.6. The Morgan fingerprint density at radius 2 is 2.19 bits per heavy atom. The van der Waals surface area contributed by atoms with Gasteiger partial charge in [0.25, 0.3) is 5.91 Å². The molecule has 0 unspecified atom stereocenters. The van der Waals surface area contributed by atoms with E-state index in [1.165, 1.54) is 12.8 Å². The van der Waals surface area contributed by atoms with Crippen molar-refractivity contribution in [3.05, 3.63) is 29.7 Å². The summed E-state index contributed by atoms with van der Waals surface area (Å²) in [5.41, 5.74) is 3.18. The zero-order chi connectivity index (χ0) is 18.2. The molecule has 0 radical (unpaired) electrons. The minimum atomic E-state index is -0.181. The summed E-state index contributed by atoms with van der Waals surface area (Å²) in [6.07, 6.45) is 8.06. The maximum Gasteiger partial charge on any atom is 0.276 e. The number of aromatic nitrogens is 2. The summed E-state index contributed by atoms with van der Waals surface area (Å²) >= 11 is 0. The number of fused-ring (bicyclic) bond motifs is 1. The van der Waals surface area contributed by atoms with Crippen LogP contribution in [-0.4, -0.2) is 54.7 Å². The topological polar surface area (TPSA) is 94.6 Å². The molecule has 8 heteroatoms. The number of guanidine groups is 1. The first-order valence-corrected chi connectivity index (χ1v) is 9.42. The van der Waals surface area contributed by atoms with Crippen molar-refractivity contribution in [2.75, 3.05) is 37.7 Å². The zero-order valence-electron chi connectivity index (χ0n) is 15.0. The number of carbonyl (C=O) groups excluding carboxylic acids is 1. The lowest BCUT2D eigenvalue weighted by molar-refractivity contribution is -0.115. The fourth-order valence-electron chi connectivity index (χ4n) is 3.39. The fraction of sp³-hybridized carbons (Fsp3) is 0.421. The van der Waals surface area contributed by atoms with Gasteiger partial charge in [0.05, 0.1) is 25.1 Å². The number of hydrogen-bond donors (Lipinski definition) is 3. The Bertz CT molecular complexity index is 937. The third kappa shape index (κ3) is 3.40. The van der Waals surface area contributed by atoms with Crippen LogP contribution >= 0.6 is 0 Å². The van der Waals surface area contributed by atoms with E-state index in [0.29, 0.717) is 11.7 Å². The zero-order valence-corrected chi connectivity index (χ0v) is 15.0. The van der Waals surface area contributed by atoms with Gasteiger partial charge in [0, 0.05) is 36.8 Å². The van der Waals surface area contributed by atoms with E-state index in [9.17, 15) is 4.79 Å². The number of aliphatic imine (C=N–C) groups is 1. The van der Waals surface area contributed by atoms with E-state index < -0.39 is 0 Å². The normalized spacial score (nSPS) is 21.6. The number of nitrogens with zero attached hydrogens (tertiary/aromatic N) is 3. The Kier molecular flexibility index (Phi) is 4.05. The van der Waals surface area contributed by atoms with E-state index in [4.69, 9.17) is 4.74 Å². The van der Waals surface area contributed by atoms with Gasteiger partial charge < -0.3 is 19.9 Å². The smallest absolute Gasteiger partial charge is 0.276 e. The molecule has 3 N–H and O–H groups in total. The van der Waals surface area contributed by atoms with E-state index in [1.54, 1.807) is 0 Å². The molecule has 2 fully saturated rings. The van der Waals surface area contributed by atoms with Crippen LogP contribution in [-0.2, 0) is 9.53 Å². The first-order chi connectivity index (χ1) is 13.3. The van der Waals surface area contributed by atoms with E-state index in [1.807, 2.05) is 18.5 Å². The van der Waals surface area contributed by atoms with Crippen molar-refractivity contribution >= 4 is 34.7 Å². The van der Waals surface area contributed by atoms with Crippen LogP contribution in [0.4, 0.5) is 5.69 Å². The molecule has 8 nitrogen and oxygen atoms in total. The molecule has 0 atom stereocenters. The number of amides is 1. The third-order valence-electron chi connectivity index (χ3n) is 5.17. The van der Waals surface area contributed by atoms with Crippen LogP contribution in [0.1, 0.15) is 18.4 Å². The number of carbonyl (C=O) groups is 1. The third-order valence-corrected chi connectivity index (χ3v) is 5.17. The summed E-state index contributed by atoms with van der Waals surface area (Å²) in [6.45, 7) is 4.04. The molecule has 2 aromatic heterocycles. The van der Waals surface area contributed by atoms with Crippen LogP contribution in [0.15, 0.2) is 29.1 Å². The number of rotatable bonds is 4. The largest absolute Gasteiger partial charge is 0.378 e. The molecule has 4 heterocycles. The standard InChI is InChI=1S/C19H22N6O2/c26-18-16(23-19(24-18)22-9-12-1-2-12)7-13-10-20-17-15(13)8-14(11-21-17)25-3-5-27-6-4-25/h7-8,10-12H,1-6,9H2,(H,20,21)(H2,22,23,24,26). The van der Waals surface area contributed by atoms with Gasteiger partial charge in [0.15, 0.2) is 0 Å². The maximum atomic E-state index is 12.2. The Hall–Kier alpha value is -2.87. The van der Waals surface area contributed by atoms with Crippen molar-refractivity contribution in [2.45, 2.75) is 12.8 Å². The second-order valence-corrected chi connectivity index (χ2v) is 7.20. The first kappa shape index (κ1) is 16.3. The summed E-state index contributed by atoms with van der Waals surface area (Å²) in [6, 6.07) is 2.11. The van der Waals surface area contributed by atoms with Gasteiger partial charge >= 0.3 is 0 Å². The van der Waals surface area contributed by atoms with E-state index in [2.05, 4.69) is 36.6 Å². The van der Waals surface area contributed by atoms with Crippen LogP contribution in [0.25, 0.3) is 17.1 Å². The molecule has 0 bridgehead atoms. The lowest BCUT2D eigenvalue weighted by Crippen LogP contribution is -2.37. The van der Waals surface area contributed by atoms with Crippen molar-refractivity contribution in [2.24, 2.45) is 10.9 Å². The lowest BCUT2D eigenvalue weighted by atomic mass is 10.1. The number of ether oxygens (including phenoxy) is 1. The van der Waals surface area contributed by atoms with Crippen LogP contribution in [0.2, 0.25) is 0 Å². The van der Waals surface area contributed by atoms with Gasteiger partial charge in [-0.1, -0.05) is 0 Å². The number of aromatic amines is 1. The fourth-order valence-corrected chi connectivity index (χ4v) is 3.39.